The van der Waals surface area contributed by atoms with E-state index in [9.17, 15) is 8.42 Å². The Balaban J connectivity index is 1.68. The second kappa shape index (κ2) is 6.35. The lowest BCUT2D eigenvalue weighted by Gasteiger charge is -2.37. The number of hydrogen-bond donors (Lipinski definition) is 2. The van der Waals surface area contributed by atoms with E-state index in [4.69, 9.17) is 0 Å². The van der Waals surface area contributed by atoms with Crippen LogP contribution >= 0.6 is 15.9 Å². The zero-order valence-corrected chi connectivity index (χ0v) is 13.3. The normalized spacial score (nSPS) is 23.1. The van der Waals surface area contributed by atoms with Crippen molar-refractivity contribution in [2.45, 2.75) is 24.8 Å². The van der Waals surface area contributed by atoms with Crippen LogP contribution in [-0.2, 0) is 10.0 Å². The smallest absolute Gasteiger partial charge is 0.208 e. The molecule has 6 heteroatoms. The molecule has 0 aliphatic heterocycles. The molecule has 1 aliphatic rings. The first kappa shape index (κ1) is 15.0. The van der Waals surface area contributed by atoms with Gasteiger partial charge >= 0.3 is 0 Å². The molecule has 2 rings (SSSR count). The molecule has 0 bridgehead atoms. The Hall–Kier alpha value is -0.430. The number of halogens is 1. The van der Waals surface area contributed by atoms with Crippen LogP contribution in [0.15, 0.2) is 28.7 Å². The lowest BCUT2D eigenvalue weighted by atomic mass is 9.76. The second-order valence-electron chi connectivity index (χ2n) is 5.01. The van der Waals surface area contributed by atoms with E-state index < -0.39 is 10.0 Å². The molecule has 0 saturated heterocycles. The first-order valence-corrected chi connectivity index (χ1v) is 9.06. The van der Waals surface area contributed by atoms with Gasteiger partial charge in [-0.15, -0.1) is 0 Å². The zero-order valence-electron chi connectivity index (χ0n) is 10.9. The Kier molecular flexibility index (Phi) is 5.00. The van der Waals surface area contributed by atoms with Crippen LogP contribution in [0, 0.1) is 0 Å². The van der Waals surface area contributed by atoms with E-state index >= 15 is 0 Å². The molecular weight excluding hydrogens is 328 g/mol. The van der Waals surface area contributed by atoms with Gasteiger partial charge in [-0.25, -0.2) is 13.1 Å². The summed E-state index contributed by atoms with van der Waals surface area (Å²) in [4.78, 5) is 0. The van der Waals surface area contributed by atoms with Gasteiger partial charge in [-0.2, -0.15) is 0 Å². The summed E-state index contributed by atoms with van der Waals surface area (Å²) in [6.07, 6.45) is 3.41. The van der Waals surface area contributed by atoms with Crippen LogP contribution in [0.1, 0.15) is 24.3 Å². The molecule has 0 radical (unpaired) electrons. The fourth-order valence-corrected chi connectivity index (χ4v) is 3.44. The fourth-order valence-electron chi connectivity index (χ4n) is 2.36. The fraction of sp³-hybridized carbons (Fsp3) is 0.538. The third-order valence-electron chi connectivity index (χ3n) is 3.41. The SMILES string of the molecule is CS(=O)(=O)NCCNC1CC(c2ccccc2Br)C1. The van der Waals surface area contributed by atoms with E-state index in [0.717, 1.165) is 12.8 Å². The van der Waals surface area contributed by atoms with E-state index in [0.29, 0.717) is 25.0 Å². The molecule has 1 aliphatic carbocycles. The van der Waals surface area contributed by atoms with Crippen LogP contribution in [0.3, 0.4) is 0 Å². The predicted octanol–water partition coefficient (Wildman–Crippen LogP) is 1.83. The summed E-state index contributed by atoms with van der Waals surface area (Å²) in [6.45, 7) is 1.13. The largest absolute Gasteiger partial charge is 0.313 e. The maximum Gasteiger partial charge on any atom is 0.208 e. The van der Waals surface area contributed by atoms with Gasteiger partial charge in [-0.05, 0) is 30.4 Å². The molecule has 0 heterocycles. The molecule has 2 N–H and O–H groups in total. The van der Waals surface area contributed by atoms with Crippen molar-refractivity contribution in [3.63, 3.8) is 0 Å². The summed E-state index contributed by atoms with van der Waals surface area (Å²) < 4.78 is 25.4. The van der Waals surface area contributed by atoms with Gasteiger partial charge < -0.3 is 5.32 Å². The van der Waals surface area contributed by atoms with E-state index in [-0.39, 0.29) is 0 Å². The van der Waals surface area contributed by atoms with Crippen molar-refractivity contribution in [1.82, 2.24) is 10.0 Å². The maximum absolute atomic E-state index is 10.9. The second-order valence-corrected chi connectivity index (χ2v) is 7.69. The van der Waals surface area contributed by atoms with Gasteiger partial charge in [-0.3, -0.25) is 0 Å². The molecule has 1 aromatic rings. The van der Waals surface area contributed by atoms with Crippen molar-refractivity contribution in [1.29, 1.82) is 0 Å². The number of benzene rings is 1. The highest BCUT2D eigenvalue weighted by molar-refractivity contribution is 9.10. The quantitative estimate of drug-likeness (QED) is 0.772. The minimum absolute atomic E-state index is 0.453. The Morgan fingerprint density at radius 1 is 1.26 bits per heavy atom. The van der Waals surface area contributed by atoms with Gasteiger partial charge in [0.2, 0.25) is 10.0 Å². The standard InChI is InChI=1S/C13H19BrN2O2S/c1-19(17,18)16-7-6-15-11-8-10(9-11)12-4-2-3-5-13(12)14/h2-5,10-11,15-16H,6-9H2,1H3. The minimum Gasteiger partial charge on any atom is -0.313 e. The van der Waals surface area contributed by atoms with Crippen molar-refractivity contribution in [2.75, 3.05) is 19.3 Å². The molecule has 1 saturated carbocycles. The van der Waals surface area contributed by atoms with Crippen LogP contribution in [0.25, 0.3) is 0 Å². The summed E-state index contributed by atoms with van der Waals surface area (Å²) in [5, 5.41) is 3.37. The lowest BCUT2D eigenvalue weighted by Crippen LogP contribution is -2.43. The molecule has 0 spiro atoms. The first-order valence-electron chi connectivity index (χ1n) is 6.38. The lowest BCUT2D eigenvalue weighted by molar-refractivity contribution is 0.292. The van der Waals surface area contributed by atoms with E-state index in [2.05, 4.69) is 44.2 Å². The number of sulfonamides is 1. The van der Waals surface area contributed by atoms with Gasteiger partial charge in [0.15, 0.2) is 0 Å². The van der Waals surface area contributed by atoms with Gasteiger partial charge in [-0.1, -0.05) is 34.1 Å². The molecule has 1 aromatic carbocycles. The Morgan fingerprint density at radius 2 is 1.95 bits per heavy atom. The van der Waals surface area contributed by atoms with Crippen LogP contribution in [0.2, 0.25) is 0 Å². The highest BCUT2D eigenvalue weighted by atomic mass is 79.9. The van der Waals surface area contributed by atoms with Crippen molar-refractivity contribution in [2.24, 2.45) is 0 Å². The molecule has 0 unspecified atom stereocenters. The maximum atomic E-state index is 10.9. The predicted molar refractivity (Wildman–Crippen MR) is 80.8 cm³/mol. The Morgan fingerprint density at radius 3 is 2.58 bits per heavy atom. The van der Waals surface area contributed by atoms with Gasteiger partial charge in [0.1, 0.15) is 0 Å². The molecule has 0 amide bonds. The van der Waals surface area contributed by atoms with Crippen LogP contribution in [0.5, 0.6) is 0 Å². The molecule has 106 valence electrons. The van der Waals surface area contributed by atoms with Crippen molar-refractivity contribution in [3.8, 4) is 0 Å². The Labute approximate surface area is 123 Å². The van der Waals surface area contributed by atoms with Gasteiger partial charge in [0.25, 0.3) is 0 Å². The molecule has 4 nitrogen and oxygen atoms in total. The van der Waals surface area contributed by atoms with Crippen molar-refractivity contribution >= 4 is 26.0 Å². The number of rotatable bonds is 6. The van der Waals surface area contributed by atoms with Crippen LogP contribution < -0.4 is 10.0 Å². The molecule has 0 atom stereocenters. The monoisotopic (exact) mass is 346 g/mol. The summed E-state index contributed by atoms with van der Waals surface area (Å²) in [7, 11) is -3.07. The van der Waals surface area contributed by atoms with Crippen molar-refractivity contribution < 1.29 is 8.42 Å². The highest BCUT2D eigenvalue weighted by Crippen LogP contribution is 2.39. The minimum atomic E-state index is -3.07. The zero-order chi connectivity index (χ0) is 13.9. The number of nitrogens with one attached hydrogen (secondary N) is 2. The molecule has 1 fully saturated rings. The summed E-state index contributed by atoms with van der Waals surface area (Å²) in [6, 6.07) is 8.83. The summed E-state index contributed by atoms with van der Waals surface area (Å²) >= 11 is 3.58. The first-order chi connectivity index (χ1) is 8.96. The van der Waals surface area contributed by atoms with E-state index in [1.165, 1.54) is 16.3 Å². The molecular formula is C13H19BrN2O2S. The van der Waals surface area contributed by atoms with Crippen molar-refractivity contribution in [3.05, 3.63) is 34.3 Å². The average molecular weight is 347 g/mol. The van der Waals surface area contributed by atoms with Gasteiger partial charge in [0.05, 0.1) is 6.26 Å². The topological polar surface area (TPSA) is 58.2 Å². The molecule has 0 aromatic heterocycles. The highest BCUT2D eigenvalue weighted by Gasteiger charge is 2.30. The third-order valence-corrected chi connectivity index (χ3v) is 4.86. The van der Waals surface area contributed by atoms with E-state index in [1.807, 2.05) is 6.07 Å². The van der Waals surface area contributed by atoms with E-state index in [1.54, 1.807) is 0 Å². The molecule has 19 heavy (non-hydrogen) atoms. The van der Waals surface area contributed by atoms with Crippen LogP contribution in [0.4, 0.5) is 0 Å². The van der Waals surface area contributed by atoms with Crippen LogP contribution in [-0.4, -0.2) is 33.8 Å². The summed E-state index contributed by atoms with van der Waals surface area (Å²) in [5.41, 5.74) is 1.37. The Bertz CT molecular complexity index is 527. The number of hydrogen-bond acceptors (Lipinski definition) is 3. The van der Waals surface area contributed by atoms with Gasteiger partial charge in [0, 0.05) is 23.6 Å². The average Bonchev–Trinajstić information content (AvgIpc) is 2.27. The summed E-state index contributed by atoms with van der Waals surface area (Å²) in [5.74, 6) is 0.607. The third kappa shape index (κ3) is 4.56.